The first-order valence-corrected chi connectivity index (χ1v) is 5.45. The molecular formula is C11H23NO2. The van der Waals surface area contributed by atoms with Crippen molar-refractivity contribution < 1.29 is 9.53 Å². The number of hydrogen-bond acceptors (Lipinski definition) is 2. The molecule has 1 unspecified atom stereocenters. The van der Waals surface area contributed by atoms with Gasteiger partial charge in [-0.3, -0.25) is 4.79 Å². The van der Waals surface area contributed by atoms with E-state index in [1.54, 1.807) is 4.90 Å². The molecule has 0 aromatic carbocycles. The van der Waals surface area contributed by atoms with Crippen molar-refractivity contribution in [3.8, 4) is 0 Å². The average Bonchev–Trinajstić information content (AvgIpc) is 2.47. The van der Waals surface area contributed by atoms with Crippen LogP contribution in [0.3, 0.4) is 0 Å². The summed E-state index contributed by atoms with van der Waals surface area (Å²) in [5, 5.41) is 0. The van der Waals surface area contributed by atoms with Crippen molar-refractivity contribution in [1.82, 2.24) is 4.90 Å². The Hall–Kier alpha value is -0.570. The van der Waals surface area contributed by atoms with Gasteiger partial charge in [-0.2, -0.15) is 0 Å². The number of carbonyl (C=O) groups excluding carboxylic acids is 1. The highest BCUT2D eigenvalue weighted by molar-refractivity contribution is 5.78. The number of hydrogen-bond donors (Lipinski definition) is 0. The third kappa shape index (κ3) is 4.61. The van der Waals surface area contributed by atoms with Crippen LogP contribution in [-0.2, 0) is 9.53 Å². The van der Waals surface area contributed by atoms with Gasteiger partial charge >= 0.3 is 0 Å². The van der Waals surface area contributed by atoms with Gasteiger partial charge < -0.3 is 9.64 Å². The number of rotatable bonds is 3. The molecule has 0 N–H and O–H groups in total. The molecule has 1 fully saturated rings. The quantitative estimate of drug-likeness (QED) is 0.698. The Morgan fingerprint density at radius 2 is 2.07 bits per heavy atom. The highest BCUT2D eigenvalue weighted by Crippen LogP contribution is 2.16. The van der Waals surface area contributed by atoms with Crippen molar-refractivity contribution in [3.63, 3.8) is 0 Å². The van der Waals surface area contributed by atoms with Crippen LogP contribution in [0.5, 0.6) is 0 Å². The normalized spacial score (nSPS) is 21.1. The molecule has 84 valence electrons. The van der Waals surface area contributed by atoms with Crippen LogP contribution >= 0.6 is 0 Å². The molecule has 0 radical (unpaired) electrons. The summed E-state index contributed by atoms with van der Waals surface area (Å²) < 4.78 is 5.44. The molecule has 0 bridgehead atoms. The molecule has 0 spiro atoms. The molecule has 0 aromatic rings. The standard InChI is InChI=1S/C9H17NO2.C2H6/c1-7(2)12-6-8-4-9(11)10(3)5-8;1-2/h7-8H,4-6H2,1-3H3;1-2H3. The second-order valence-electron chi connectivity index (χ2n) is 3.73. The Morgan fingerprint density at radius 1 is 1.50 bits per heavy atom. The maximum atomic E-state index is 11.1. The van der Waals surface area contributed by atoms with Crippen molar-refractivity contribution in [1.29, 1.82) is 0 Å². The number of nitrogens with zero attached hydrogens (tertiary/aromatic N) is 1. The third-order valence-electron chi connectivity index (χ3n) is 2.09. The molecule has 3 heteroatoms. The van der Waals surface area contributed by atoms with Gasteiger partial charge in [-0.25, -0.2) is 0 Å². The summed E-state index contributed by atoms with van der Waals surface area (Å²) in [6, 6.07) is 0. The Bertz CT molecular complexity index is 169. The van der Waals surface area contributed by atoms with E-state index in [0.29, 0.717) is 18.9 Å². The zero-order valence-corrected chi connectivity index (χ0v) is 10.0. The van der Waals surface area contributed by atoms with Crippen molar-refractivity contribution in [2.45, 2.75) is 40.2 Å². The first kappa shape index (κ1) is 13.4. The SMILES string of the molecule is CC.CC(C)OCC1CC(=O)N(C)C1. The molecule has 1 heterocycles. The van der Waals surface area contributed by atoms with Gasteiger partial charge in [0.2, 0.25) is 5.91 Å². The highest BCUT2D eigenvalue weighted by atomic mass is 16.5. The summed E-state index contributed by atoms with van der Waals surface area (Å²) in [5.74, 6) is 0.650. The van der Waals surface area contributed by atoms with Gasteiger partial charge in [-0.1, -0.05) is 13.8 Å². The van der Waals surface area contributed by atoms with Crippen molar-refractivity contribution in [3.05, 3.63) is 0 Å². The molecule has 0 saturated carbocycles. The minimum atomic E-state index is 0.243. The number of carbonyl (C=O) groups is 1. The number of amides is 1. The summed E-state index contributed by atoms with van der Waals surface area (Å²) >= 11 is 0. The van der Waals surface area contributed by atoms with Crippen LogP contribution in [0.1, 0.15) is 34.1 Å². The Morgan fingerprint density at radius 3 is 2.43 bits per heavy atom. The first-order valence-electron chi connectivity index (χ1n) is 5.45. The summed E-state index contributed by atoms with van der Waals surface area (Å²) in [6.45, 7) is 9.60. The average molecular weight is 201 g/mol. The van der Waals surface area contributed by atoms with Gasteiger partial charge in [0.15, 0.2) is 0 Å². The maximum Gasteiger partial charge on any atom is 0.222 e. The topological polar surface area (TPSA) is 29.5 Å². The van der Waals surface area contributed by atoms with Crippen LogP contribution in [0.15, 0.2) is 0 Å². The lowest BCUT2D eigenvalue weighted by Gasteiger charge is -2.12. The van der Waals surface area contributed by atoms with Gasteiger partial charge in [0.1, 0.15) is 0 Å². The summed E-state index contributed by atoms with van der Waals surface area (Å²) in [6.07, 6.45) is 0.925. The van der Waals surface area contributed by atoms with E-state index in [2.05, 4.69) is 0 Å². The van der Waals surface area contributed by atoms with Gasteiger partial charge in [0.05, 0.1) is 12.7 Å². The van der Waals surface area contributed by atoms with E-state index in [1.807, 2.05) is 34.7 Å². The zero-order chi connectivity index (χ0) is 11.1. The van der Waals surface area contributed by atoms with Crippen LogP contribution in [0.2, 0.25) is 0 Å². The minimum Gasteiger partial charge on any atom is -0.378 e. The van der Waals surface area contributed by atoms with Gasteiger partial charge in [0, 0.05) is 25.9 Å². The van der Waals surface area contributed by atoms with E-state index in [-0.39, 0.29) is 12.0 Å². The van der Waals surface area contributed by atoms with E-state index in [9.17, 15) is 4.79 Å². The Kier molecular flexibility index (Phi) is 6.54. The lowest BCUT2D eigenvalue weighted by Crippen LogP contribution is -2.20. The Balaban J connectivity index is 0.000000791. The maximum absolute atomic E-state index is 11.1. The molecule has 1 aliphatic heterocycles. The predicted octanol–water partition coefficient (Wildman–Crippen LogP) is 1.92. The first-order chi connectivity index (χ1) is 6.59. The molecule has 1 aliphatic rings. The summed E-state index contributed by atoms with van der Waals surface area (Å²) in [5.41, 5.74) is 0. The zero-order valence-electron chi connectivity index (χ0n) is 10.0. The van der Waals surface area contributed by atoms with Crippen LogP contribution in [-0.4, -0.2) is 37.1 Å². The molecule has 1 rings (SSSR count). The summed E-state index contributed by atoms with van der Waals surface area (Å²) in [7, 11) is 1.84. The van der Waals surface area contributed by atoms with Gasteiger partial charge in [-0.15, -0.1) is 0 Å². The van der Waals surface area contributed by atoms with E-state index in [4.69, 9.17) is 4.74 Å². The van der Waals surface area contributed by atoms with Crippen molar-refractivity contribution >= 4 is 5.91 Å². The van der Waals surface area contributed by atoms with Crippen LogP contribution in [0, 0.1) is 5.92 Å². The second kappa shape index (κ2) is 6.82. The van der Waals surface area contributed by atoms with Gasteiger partial charge in [0.25, 0.3) is 0 Å². The number of ether oxygens (including phenoxy) is 1. The smallest absolute Gasteiger partial charge is 0.222 e. The fourth-order valence-electron chi connectivity index (χ4n) is 1.40. The van der Waals surface area contributed by atoms with Crippen LogP contribution < -0.4 is 0 Å². The minimum absolute atomic E-state index is 0.243. The lowest BCUT2D eigenvalue weighted by molar-refractivity contribution is -0.126. The third-order valence-corrected chi connectivity index (χ3v) is 2.09. The largest absolute Gasteiger partial charge is 0.378 e. The molecule has 3 nitrogen and oxygen atoms in total. The molecule has 0 aliphatic carbocycles. The van der Waals surface area contributed by atoms with E-state index in [1.165, 1.54) is 0 Å². The second-order valence-corrected chi connectivity index (χ2v) is 3.73. The highest BCUT2D eigenvalue weighted by Gasteiger charge is 2.26. The van der Waals surface area contributed by atoms with E-state index < -0.39 is 0 Å². The molecule has 1 saturated heterocycles. The molecular weight excluding hydrogens is 178 g/mol. The van der Waals surface area contributed by atoms with Crippen molar-refractivity contribution in [2.75, 3.05) is 20.2 Å². The monoisotopic (exact) mass is 201 g/mol. The molecule has 1 amide bonds. The van der Waals surface area contributed by atoms with E-state index in [0.717, 1.165) is 6.54 Å². The molecule has 1 atom stereocenters. The molecule has 0 aromatic heterocycles. The fraction of sp³-hybridized carbons (Fsp3) is 0.909. The predicted molar refractivity (Wildman–Crippen MR) is 58.2 cm³/mol. The molecule has 14 heavy (non-hydrogen) atoms. The van der Waals surface area contributed by atoms with E-state index >= 15 is 0 Å². The van der Waals surface area contributed by atoms with Crippen LogP contribution in [0.25, 0.3) is 0 Å². The van der Waals surface area contributed by atoms with Crippen molar-refractivity contribution in [2.24, 2.45) is 5.92 Å². The van der Waals surface area contributed by atoms with Gasteiger partial charge in [-0.05, 0) is 13.8 Å². The number of likely N-dealkylation sites (tertiary alicyclic amines) is 1. The summed E-state index contributed by atoms with van der Waals surface area (Å²) in [4.78, 5) is 12.9. The Labute approximate surface area is 87.4 Å². The fourth-order valence-corrected chi connectivity index (χ4v) is 1.40. The van der Waals surface area contributed by atoms with Crippen LogP contribution in [0.4, 0.5) is 0 Å². The lowest BCUT2D eigenvalue weighted by atomic mass is 10.1.